The Morgan fingerprint density at radius 3 is 2.05 bits per heavy atom. The molecule has 0 aliphatic carbocycles. The molecule has 128 valence electrons. The van der Waals surface area contributed by atoms with Gasteiger partial charge in [-0.1, -0.05) is 12.8 Å². The van der Waals surface area contributed by atoms with Gasteiger partial charge >= 0.3 is 0 Å². The molecule has 12 N–H and O–H groups in total. The van der Waals surface area contributed by atoms with E-state index in [0.717, 1.165) is 12.8 Å². The lowest BCUT2D eigenvalue weighted by Crippen LogP contribution is -2.52. The van der Waals surface area contributed by atoms with Crippen LogP contribution in [-0.4, -0.2) is 74.9 Å². The van der Waals surface area contributed by atoms with Crippen LogP contribution in [0, 0.1) is 0 Å². The molecule has 0 aromatic rings. The van der Waals surface area contributed by atoms with Crippen LogP contribution >= 0.6 is 0 Å². The lowest BCUT2D eigenvalue weighted by Gasteiger charge is -2.26. The third-order valence-electron chi connectivity index (χ3n) is 3.13. The number of aliphatic hydroxyl groups excluding tert-OH is 5. The van der Waals surface area contributed by atoms with E-state index in [2.05, 4.69) is 0 Å². The van der Waals surface area contributed by atoms with Crippen LogP contribution in [0.3, 0.4) is 0 Å². The molecule has 9 nitrogen and oxygen atoms in total. The Bertz CT molecular complexity index is 282. The highest BCUT2D eigenvalue weighted by Crippen LogP contribution is 2.10. The van der Waals surface area contributed by atoms with Gasteiger partial charge in [-0.05, 0) is 19.4 Å². The minimum absolute atomic E-state index is 0. The van der Waals surface area contributed by atoms with Crippen molar-refractivity contribution in [3.63, 3.8) is 0 Å². The molecule has 0 aliphatic heterocycles. The number of ketones is 1. The Balaban J connectivity index is 0. The topological polar surface area (TPSA) is 205 Å². The maximum atomic E-state index is 11.7. The average Bonchev–Trinajstić information content (AvgIpc) is 2.47. The predicted octanol–water partition coefficient (Wildman–Crippen LogP) is -3.00. The van der Waals surface area contributed by atoms with E-state index >= 15 is 0 Å². The molecule has 0 amide bonds. The van der Waals surface area contributed by atoms with Gasteiger partial charge in [-0.3, -0.25) is 4.79 Å². The smallest absolute Gasteiger partial charge is 0.180 e. The van der Waals surface area contributed by atoms with Crippen molar-refractivity contribution in [2.75, 3.05) is 13.2 Å². The molecule has 0 saturated heterocycles. The monoisotopic (exact) mass is 311 g/mol. The summed E-state index contributed by atoms with van der Waals surface area (Å²) in [5.41, 5.74) is 10.9. The summed E-state index contributed by atoms with van der Waals surface area (Å²) in [5.74, 6) is -0.811. The van der Waals surface area contributed by atoms with Crippen LogP contribution in [-0.2, 0) is 4.79 Å². The Morgan fingerprint density at radius 2 is 1.57 bits per heavy atom. The highest BCUT2D eigenvalue weighted by atomic mass is 16.4. The largest absolute Gasteiger partial charge is 0.394 e. The van der Waals surface area contributed by atoms with E-state index in [4.69, 9.17) is 21.7 Å². The summed E-state index contributed by atoms with van der Waals surface area (Å²) in [7, 11) is 0. The molecule has 21 heavy (non-hydrogen) atoms. The van der Waals surface area contributed by atoms with E-state index in [-0.39, 0.29) is 6.15 Å². The molecule has 0 bridgehead atoms. The highest BCUT2D eigenvalue weighted by Gasteiger charge is 2.35. The summed E-state index contributed by atoms with van der Waals surface area (Å²) in [6.07, 6.45) is -4.67. The minimum atomic E-state index is -1.91. The Hall–Kier alpha value is -0.650. The van der Waals surface area contributed by atoms with Crippen LogP contribution in [0.4, 0.5) is 0 Å². The zero-order valence-corrected chi connectivity index (χ0v) is 12.1. The Labute approximate surface area is 124 Å². The molecule has 1 unspecified atom stereocenters. The zero-order chi connectivity index (χ0) is 15.7. The summed E-state index contributed by atoms with van der Waals surface area (Å²) in [6, 6.07) is -0.962. The number of rotatable bonds is 11. The van der Waals surface area contributed by atoms with Crippen LogP contribution in [0.2, 0.25) is 0 Å². The van der Waals surface area contributed by atoms with Gasteiger partial charge in [-0.2, -0.15) is 0 Å². The number of carbonyl (C=O) groups excluding carboxylic acids is 1. The van der Waals surface area contributed by atoms with Gasteiger partial charge in [-0.15, -0.1) is 0 Å². The fourth-order valence-electron chi connectivity index (χ4n) is 1.74. The van der Waals surface area contributed by atoms with Crippen molar-refractivity contribution in [1.29, 1.82) is 0 Å². The molecule has 0 fully saturated rings. The number of carbonyl (C=O) groups is 1. The first kappa shape index (κ1) is 22.6. The Morgan fingerprint density at radius 1 is 1.00 bits per heavy atom. The second-order valence-corrected chi connectivity index (χ2v) is 4.82. The maximum Gasteiger partial charge on any atom is 0.180 e. The molecule has 0 heterocycles. The molecule has 0 aromatic heterocycles. The normalized spacial score (nSPS) is 18.2. The van der Waals surface area contributed by atoms with Gasteiger partial charge in [0.15, 0.2) is 5.78 Å². The maximum absolute atomic E-state index is 11.7. The van der Waals surface area contributed by atoms with Crippen molar-refractivity contribution in [3.05, 3.63) is 0 Å². The SMILES string of the molecule is N.NCCCCCC(N)C(=O)[C@H](O)[C@@H](O)[C@H](O)[C@H](O)CO. The lowest BCUT2D eigenvalue weighted by atomic mass is 9.94. The van der Waals surface area contributed by atoms with Gasteiger partial charge < -0.3 is 43.2 Å². The van der Waals surface area contributed by atoms with E-state index < -0.39 is 42.8 Å². The molecule has 0 spiro atoms. The molecule has 0 rings (SSSR count). The van der Waals surface area contributed by atoms with Crippen molar-refractivity contribution in [2.24, 2.45) is 11.5 Å². The van der Waals surface area contributed by atoms with Crippen LogP contribution in [0.1, 0.15) is 25.7 Å². The zero-order valence-electron chi connectivity index (χ0n) is 12.1. The Kier molecular flexibility index (Phi) is 12.9. The number of hydrogen-bond donors (Lipinski definition) is 8. The first-order valence-electron chi connectivity index (χ1n) is 6.69. The molecule has 0 saturated carbocycles. The van der Waals surface area contributed by atoms with Crippen molar-refractivity contribution in [1.82, 2.24) is 6.15 Å². The van der Waals surface area contributed by atoms with Crippen LogP contribution in [0.15, 0.2) is 0 Å². The van der Waals surface area contributed by atoms with E-state index in [1.165, 1.54) is 0 Å². The van der Waals surface area contributed by atoms with Crippen molar-refractivity contribution in [2.45, 2.75) is 56.1 Å². The summed E-state index contributed by atoms with van der Waals surface area (Å²) < 4.78 is 0. The second-order valence-electron chi connectivity index (χ2n) is 4.82. The number of Topliss-reactive ketones (excluding diaryl/α,β-unsaturated/α-hetero) is 1. The summed E-state index contributed by atoms with van der Waals surface area (Å²) in [5, 5.41) is 46.3. The molecule has 0 aromatic carbocycles. The molecule has 5 atom stereocenters. The van der Waals surface area contributed by atoms with Gasteiger partial charge in [0, 0.05) is 0 Å². The molecule has 0 aliphatic rings. The number of hydrogen-bond acceptors (Lipinski definition) is 9. The van der Waals surface area contributed by atoms with E-state index in [1.54, 1.807) is 0 Å². The fourth-order valence-corrected chi connectivity index (χ4v) is 1.74. The van der Waals surface area contributed by atoms with Gasteiger partial charge in [0.2, 0.25) is 0 Å². The number of aliphatic hydroxyl groups is 5. The first-order chi connectivity index (χ1) is 9.36. The second kappa shape index (κ2) is 12.0. The van der Waals surface area contributed by atoms with Crippen molar-refractivity contribution >= 4 is 5.78 Å². The number of unbranched alkanes of at least 4 members (excludes halogenated alkanes) is 2. The summed E-state index contributed by atoms with van der Waals surface area (Å²) in [6.45, 7) is -0.250. The molecule has 0 radical (unpaired) electrons. The van der Waals surface area contributed by atoms with Gasteiger partial charge in [0.25, 0.3) is 0 Å². The van der Waals surface area contributed by atoms with Crippen LogP contribution in [0.25, 0.3) is 0 Å². The van der Waals surface area contributed by atoms with Gasteiger partial charge in [0.05, 0.1) is 12.6 Å². The standard InChI is InChI=1S/C12H26N2O6.H3N/c13-5-3-1-2-4-7(14)9(17)11(19)12(20)10(18)8(16)6-15;/h7-8,10-12,15-16,18-20H,1-6,13-14H2;1H3/t7?,8-,10-,11+,12+;/m1./s1. The third-order valence-corrected chi connectivity index (χ3v) is 3.13. The van der Waals surface area contributed by atoms with E-state index in [9.17, 15) is 20.1 Å². The van der Waals surface area contributed by atoms with Crippen molar-refractivity contribution in [3.8, 4) is 0 Å². The van der Waals surface area contributed by atoms with Crippen molar-refractivity contribution < 1.29 is 30.3 Å². The molecular formula is C12H29N3O6. The van der Waals surface area contributed by atoms with E-state index in [0.29, 0.717) is 19.4 Å². The van der Waals surface area contributed by atoms with Gasteiger partial charge in [0.1, 0.15) is 24.4 Å². The summed E-state index contributed by atoms with van der Waals surface area (Å²) in [4.78, 5) is 11.7. The lowest BCUT2D eigenvalue weighted by molar-refractivity contribution is -0.148. The quantitative estimate of drug-likeness (QED) is 0.183. The minimum Gasteiger partial charge on any atom is -0.394 e. The predicted molar refractivity (Wildman–Crippen MR) is 76.6 cm³/mol. The van der Waals surface area contributed by atoms with Crippen LogP contribution < -0.4 is 17.6 Å². The van der Waals surface area contributed by atoms with E-state index in [1.807, 2.05) is 0 Å². The first-order valence-corrected chi connectivity index (χ1v) is 6.69. The summed E-state index contributed by atoms with van der Waals surface area (Å²) >= 11 is 0. The number of nitrogens with two attached hydrogens (primary N) is 2. The molecular weight excluding hydrogens is 282 g/mol. The third kappa shape index (κ3) is 7.79. The average molecular weight is 311 g/mol. The fraction of sp³-hybridized carbons (Fsp3) is 0.917. The van der Waals surface area contributed by atoms with Gasteiger partial charge in [-0.25, -0.2) is 0 Å². The highest BCUT2D eigenvalue weighted by molar-refractivity contribution is 5.88. The van der Waals surface area contributed by atoms with Crippen LogP contribution in [0.5, 0.6) is 0 Å². The molecule has 9 heteroatoms.